The lowest BCUT2D eigenvalue weighted by molar-refractivity contribution is -0.143. The number of imide groups is 1. The molecular weight excluding hydrogens is 346 g/mol. The van der Waals surface area contributed by atoms with Crippen LogP contribution in [-0.2, 0) is 19.1 Å². The van der Waals surface area contributed by atoms with E-state index in [9.17, 15) is 14.4 Å². The summed E-state index contributed by atoms with van der Waals surface area (Å²) < 4.78 is 5.73. The average Bonchev–Trinajstić information content (AvgIpc) is 3.32. The number of carbonyl (C=O) groups excluding carboxylic acids is 3. The molecule has 1 N–H and O–H groups in total. The van der Waals surface area contributed by atoms with Crippen molar-refractivity contribution >= 4 is 30.1 Å². The minimum atomic E-state index is -0.296. The number of halogens is 1. The fourth-order valence-electron chi connectivity index (χ4n) is 4.96. The third-order valence-corrected chi connectivity index (χ3v) is 6.06. The van der Waals surface area contributed by atoms with Crippen LogP contribution in [0.4, 0.5) is 0 Å². The lowest BCUT2D eigenvalue weighted by Crippen LogP contribution is -2.43. The van der Waals surface area contributed by atoms with Gasteiger partial charge in [-0.3, -0.25) is 19.3 Å². The molecule has 0 aromatic rings. The van der Waals surface area contributed by atoms with Gasteiger partial charge in [0.2, 0.25) is 17.7 Å². The Morgan fingerprint density at radius 2 is 1.80 bits per heavy atom. The Morgan fingerprint density at radius 1 is 1.16 bits per heavy atom. The average molecular weight is 372 g/mol. The smallest absolute Gasteiger partial charge is 0.235 e. The molecule has 4 saturated heterocycles. The summed E-state index contributed by atoms with van der Waals surface area (Å²) in [4.78, 5) is 40.9. The van der Waals surface area contributed by atoms with Crippen LogP contribution in [0, 0.1) is 11.8 Å². The van der Waals surface area contributed by atoms with Gasteiger partial charge in [-0.2, -0.15) is 0 Å². The topological polar surface area (TPSA) is 79.0 Å². The van der Waals surface area contributed by atoms with E-state index < -0.39 is 0 Å². The Labute approximate surface area is 153 Å². The molecule has 25 heavy (non-hydrogen) atoms. The number of rotatable bonds is 5. The third-order valence-electron chi connectivity index (χ3n) is 6.06. The molecular formula is C17H26ClN3O4. The third kappa shape index (κ3) is 2.96. The first-order valence-electron chi connectivity index (χ1n) is 9.06. The first-order chi connectivity index (χ1) is 11.6. The van der Waals surface area contributed by atoms with Crippen molar-refractivity contribution in [3.63, 3.8) is 0 Å². The van der Waals surface area contributed by atoms with Gasteiger partial charge in [-0.1, -0.05) is 0 Å². The molecule has 4 fully saturated rings. The number of nitrogens with one attached hydrogen (secondary N) is 1. The second-order valence-electron chi connectivity index (χ2n) is 7.36. The van der Waals surface area contributed by atoms with Crippen molar-refractivity contribution in [2.24, 2.45) is 11.8 Å². The van der Waals surface area contributed by atoms with Crippen molar-refractivity contribution in [3.8, 4) is 0 Å². The highest BCUT2D eigenvalue weighted by Crippen LogP contribution is 2.48. The second kappa shape index (κ2) is 7.21. The number of hydrogen-bond donors (Lipinski definition) is 1. The summed E-state index contributed by atoms with van der Waals surface area (Å²) in [6, 6.07) is 0.233. The lowest BCUT2D eigenvalue weighted by Gasteiger charge is -2.25. The summed E-state index contributed by atoms with van der Waals surface area (Å²) in [6.07, 6.45) is 3.83. The van der Waals surface area contributed by atoms with Crippen LogP contribution in [0.15, 0.2) is 0 Å². The fourth-order valence-corrected chi connectivity index (χ4v) is 4.96. The molecule has 5 unspecified atom stereocenters. The molecule has 7 nitrogen and oxygen atoms in total. The number of hydrogen-bond acceptors (Lipinski definition) is 5. The summed E-state index contributed by atoms with van der Waals surface area (Å²) in [6.45, 7) is 1.78. The molecule has 5 atom stereocenters. The highest BCUT2D eigenvalue weighted by atomic mass is 35.5. The van der Waals surface area contributed by atoms with E-state index in [1.807, 2.05) is 11.9 Å². The zero-order valence-corrected chi connectivity index (χ0v) is 15.3. The molecule has 8 heteroatoms. The summed E-state index contributed by atoms with van der Waals surface area (Å²) in [5.74, 6) is -0.800. The number of amides is 3. The molecule has 0 aromatic carbocycles. The van der Waals surface area contributed by atoms with Crippen LogP contribution in [0.1, 0.15) is 32.1 Å². The van der Waals surface area contributed by atoms with E-state index in [2.05, 4.69) is 5.32 Å². The maximum atomic E-state index is 12.6. The Hall–Kier alpha value is -1.18. The number of fused-ring (bicyclic) bond motifs is 5. The van der Waals surface area contributed by atoms with Crippen molar-refractivity contribution in [3.05, 3.63) is 0 Å². The summed E-state index contributed by atoms with van der Waals surface area (Å²) >= 11 is 0. The predicted molar refractivity (Wildman–Crippen MR) is 92.1 cm³/mol. The van der Waals surface area contributed by atoms with Gasteiger partial charge in [-0.05, 0) is 32.7 Å². The van der Waals surface area contributed by atoms with Crippen LogP contribution in [-0.4, -0.2) is 72.5 Å². The lowest BCUT2D eigenvalue weighted by atomic mass is 9.81. The molecule has 0 saturated carbocycles. The molecule has 0 radical (unpaired) electrons. The minimum absolute atomic E-state index is 0. The first-order valence-corrected chi connectivity index (χ1v) is 9.06. The number of likely N-dealkylation sites (N-methyl/N-ethyl adjacent to an activating group) is 1. The van der Waals surface area contributed by atoms with Crippen LogP contribution in [0.25, 0.3) is 0 Å². The number of nitrogens with zero attached hydrogens (tertiary/aromatic N) is 2. The maximum Gasteiger partial charge on any atom is 0.235 e. The Kier molecular flexibility index (Phi) is 5.37. The van der Waals surface area contributed by atoms with Gasteiger partial charge in [0.15, 0.2) is 0 Å². The van der Waals surface area contributed by atoms with Gasteiger partial charge in [-0.15, -0.1) is 12.4 Å². The molecule has 0 aromatic heterocycles. The molecule has 0 spiro atoms. The van der Waals surface area contributed by atoms with Gasteiger partial charge in [0, 0.05) is 32.1 Å². The van der Waals surface area contributed by atoms with Gasteiger partial charge in [0.05, 0.1) is 24.0 Å². The van der Waals surface area contributed by atoms with E-state index >= 15 is 0 Å². The molecule has 4 aliphatic rings. The quantitative estimate of drug-likeness (QED) is 0.697. The highest BCUT2D eigenvalue weighted by Gasteiger charge is 2.62. The fraction of sp³-hybridized carbons (Fsp3) is 0.824. The Bertz CT molecular complexity index is 544. The predicted octanol–water partition coefficient (Wildman–Crippen LogP) is 0.171. The summed E-state index contributed by atoms with van der Waals surface area (Å²) in [7, 11) is 1.89. The number of ether oxygens (including phenoxy) is 1. The van der Waals surface area contributed by atoms with Crippen LogP contribution >= 0.6 is 12.4 Å². The molecule has 2 bridgehead atoms. The van der Waals surface area contributed by atoms with Gasteiger partial charge in [-0.25, -0.2) is 0 Å². The first kappa shape index (κ1) is 18.6. The molecule has 140 valence electrons. The zero-order valence-electron chi connectivity index (χ0n) is 14.5. The molecule has 4 rings (SSSR count). The molecule has 3 amide bonds. The monoisotopic (exact) mass is 371 g/mol. The van der Waals surface area contributed by atoms with E-state index in [4.69, 9.17) is 4.74 Å². The van der Waals surface area contributed by atoms with Crippen molar-refractivity contribution in [2.45, 2.75) is 50.4 Å². The summed E-state index contributed by atoms with van der Waals surface area (Å²) in [5, 5.41) is 3.12. The van der Waals surface area contributed by atoms with Gasteiger partial charge < -0.3 is 15.0 Å². The van der Waals surface area contributed by atoms with Crippen molar-refractivity contribution in [2.75, 3.05) is 26.7 Å². The van der Waals surface area contributed by atoms with E-state index in [1.165, 1.54) is 4.90 Å². The van der Waals surface area contributed by atoms with Crippen molar-refractivity contribution < 1.29 is 19.1 Å². The number of carbonyl (C=O) groups is 3. The van der Waals surface area contributed by atoms with E-state index in [-0.39, 0.29) is 73.2 Å². The highest BCUT2D eigenvalue weighted by molar-refractivity contribution is 6.06. The second-order valence-corrected chi connectivity index (χ2v) is 7.36. The van der Waals surface area contributed by atoms with E-state index in [1.54, 1.807) is 0 Å². The standard InChI is InChI=1S/C17H25N3O4.ClH/c1-18-9-10-3-2-7-19(10)13(21)6-8-20-16(22)14-11-4-5-12(24-11)15(14)17(20)23;/h10-12,14-15,18H,2-9H2,1H3;1H. The van der Waals surface area contributed by atoms with Gasteiger partial charge in [0.25, 0.3) is 0 Å². The van der Waals surface area contributed by atoms with Crippen LogP contribution in [0.2, 0.25) is 0 Å². The minimum Gasteiger partial charge on any atom is -0.373 e. The normalized spacial score (nSPS) is 36.1. The molecule has 4 heterocycles. The van der Waals surface area contributed by atoms with Crippen molar-refractivity contribution in [1.29, 1.82) is 0 Å². The van der Waals surface area contributed by atoms with Crippen LogP contribution < -0.4 is 5.32 Å². The zero-order chi connectivity index (χ0) is 16.8. The van der Waals surface area contributed by atoms with Crippen molar-refractivity contribution in [1.82, 2.24) is 15.1 Å². The van der Waals surface area contributed by atoms with Gasteiger partial charge >= 0.3 is 0 Å². The Balaban J connectivity index is 0.00000182. The Morgan fingerprint density at radius 3 is 2.40 bits per heavy atom. The molecule has 0 aliphatic carbocycles. The maximum absolute atomic E-state index is 12.6. The van der Waals surface area contributed by atoms with Gasteiger partial charge in [0.1, 0.15) is 0 Å². The van der Waals surface area contributed by atoms with Crippen LogP contribution in [0.5, 0.6) is 0 Å². The SMILES string of the molecule is CNCC1CCCN1C(=O)CCN1C(=O)C2C3CCC(O3)C2C1=O.Cl. The number of likely N-dealkylation sites (tertiary alicyclic amines) is 2. The largest absolute Gasteiger partial charge is 0.373 e. The summed E-state index contributed by atoms with van der Waals surface area (Å²) in [5.41, 5.74) is 0. The van der Waals surface area contributed by atoms with Crippen LogP contribution in [0.3, 0.4) is 0 Å². The molecule has 4 aliphatic heterocycles. The van der Waals surface area contributed by atoms with E-state index in [0.29, 0.717) is 0 Å². The van der Waals surface area contributed by atoms with E-state index in [0.717, 1.165) is 38.8 Å².